The number of piperidine rings is 1. The number of nitrogens with two attached hydrogens (primary N) is 1. The van der Waals surface area contributed by atoms with E-state index in [-0.39, 0.29) is 55.1 Å². The van der Waals surface area contributed by atoms with E-state index in [1.807, 2.05) is 36.1 Å². The lowest BCUT2D eigenvalue weighted by Crippen LogP contribution is -2.60. The van der Waals surface area contributed by atoms with Gasteiger partial charge in [0.05, 0.1) is 29.7 Å². The summed E-state index contributed by atoms with van der Waals surface area (Å²) in [6.07, 6.45) is 1.87. The Labute approximate surface area is 305 Å². The molecule has 7 rings (SSSR count). The van der Waals surface area contributed by atoms with Gasteiger partial charge in [-0.05, 0) is 68.9 Å². The monoisotopic (exact) mass is 749 g/mol. The van der Waals surface area contributed by atoms with Crippen molar-refractivity contribution in [1.82, 2.24) is 20.2 Å². The van der Waals surface area contributed by atoms with Crippen molar-refractivity contribution in [3.05, 3.63) is 75.5 Å². The number of nitrogens with zero attached hydrogens (tertiary/aromatic N) is 6. The number of hydrogen-bond donors (Lipinski definition) is 3. The standard InChI is InChI=1S/C36H35F3N8O3S2/c1-22-24-8-4-16-46(32(24)45-44-31(22)43-34-41-26-9-2-3-10-28(26)51-34)35-42-30(33(48)49)29(52-35)11-6-20-50-27-13-12-23(21-25(27)37)7-5-17-47(40)18-14-36(38,39)15-19-47/h2-3,9-10,12-13,21H,4,6,8,11,14-20,40H2,1H3,(H-,41,43,44,48,49)/p+1. The lowest BCUT2D eigenvalue weighted by molar-refractivity contribution is -0.940. The van der Waals surface area contributed by atoms with Crippen molar-refractivity contribution in [2.45, 2.75) is 51.4 Å². The van der Waals surface area contributed by atoms with Gasteiger partial charge in [0.2, 0.25) is 0 Å². The third kappa shape index (κ3) is 7.82. The van der Waals surface area contributed by atoms with E-state index in [1.165, 1.54) is 34.8 Å². The molecule has 5 heterocycles. The molecule has 2 aliphatic heterocycles. The number of aromatic carboxylic acids is 1. The SMILES string of the molecule is Cc1c(Nc2nc3ccccc3s2)nnc2c1CCCN2c1nc(C(=O)O)c(CCCOc2ccc(C#CC[N+]3(N)CCC(F)(F)CC3)cc2F)s1. The highest BCUT2D eigenvalue weighted by Gasteiger charge is 2.41. The summed E-state index contributed by atoms with van der Waals surface area (Å²) in [4.78, 5) is 23.9. The summed E-state index contributed by atoms with van der Waals surface area (Å²) >= 11 is 2.83. The number of quaternary nitrogens is 1. The quantitative estimate of drug-likeness (QED) is 0.0592. The summed E-state index contributed by atoms with van der Waals surface area (Å²) in [5, 5.41) is 23.6. The van der Waals surface area contributed by atoms with Crippen molar-refractivity contribution in [2.24, 2.45) is 5.84 Å². The number of nitrogens with one attached hydrogen (secondary N) is 1. The first-order chi connectivity index (χ1) is 25.0. The number of hydrogen-bond acceptors (Lipinski definition) is 11. The van der Waals surface area contributed by atoms with Crippen LogP contribution < -0.4 is 20.8 Å². The maximum Gasteiger partial charge on any atom is 0.355 e. The number of thiazole rings is 2. The molecular formula is C36H36F3N8O3S2+. The fourth-order valence-electron chi connectivity index (χ4n) is 6.28. The molecule has 0 spiro atoms. The van der Waals surface area contributed by atoms with Crippen molar-refractivity contribution in [3.8, 4) is 17.6 Å². The zero-order chi connectivity index (χ0) is 36.5. The van der Waals surface area contributed by atoms with Gasteiger partial charge in [0, 0.05) is 28.1 Å². The summed E-state index contributed by atoms with van der Waals surface area (Å²) in [6.45, 7) is 3.21. The first-order valence-corrected chi connectivity index (χ1v) is 18.5. The molecule has 2 aliphatic rings. The molecule has 0 atom stereocenters. The van der Waals surface area contributed by atoms with Crippen molar-refractivity contribution in [1.29, 1.82) is 0 Å². The number of fused-ring (bicyclic) bond motifs is 2. The summed E-state index contributed by atoms with van der Waals surface area (Å²) < 4.78 is 48.5. The fourth-order valence-corrected chi connectivity index (χ4v) is 8.27. The Morgan fingerprint density at radius 1 is 1.15 bits per heavy atom. The van der Waals surface area contributed by atoms with Crippen LogP contribution in [0.5, 0.6) is 5.75 Å². The number of alkyl halides is 2. The number of anilines is 4. The number of likely N-dealkylation sites (tertiary alicyclic amines) is 1. The molecule has 52 heavy (non-hydrogen) atoms. The van der Waals surface area contributed by atoms with Gasteiger partial charge in [-0.3, -0.25) is 0 Å². The van der Waals surface area contributed by atoms with Crippen LogP contribution in [0.3, 0.4) is 0 Å². The minimum absolute atomic E-state index is 0.0279. The molecule has 270 valence electrons. The average Bonchev–Trinajstić information content (AvgIpc) is 3.74. The highest BCUT2D eigenvalue weighted by molar-refractivity contribution is 7.22. The smallest absolute Gasteiger partial charge is 0.355 e. The molecule has 4 N–H and O–H groups in total. The zero-order valence-electron chi connectivity index (χ0n) is 28.3. The fraction of sp³-hybridized carbons (Fsp3) is 0.361. The Morgan fingerprint density at radius 2 is 1.96 bits per heavy atom. The number of ether oxygens (including phenoxy) is 1. The average molecular weight is 750 g/mol. The Balaban J connectivity index is 0.973. The second-order valence-corrected chi connectivity index (χ2v) is 15.1. The molecule has 3 aromatic heterocycles. The topological polar surface area (TPSA) is 139 Å². The lowest BCUT2D eigenvalue weighted by Gasteiger charge is -2.37. The first kappa shape index (κ1) is 35.6. The zero-order valence-corrected chi connectivity index (χ0v) is 29.9. The van der Waals surface area contributed by atoms with Gasteiger partial charge in [-0.1, -0.05) is 29.4 Å². The summed E-state index contributed by atoms with van der Waals surface area (Å²) in [5.74, 6) is 8.87. The maximum atomic E-state index is 14.8. The predicted molar refractivity (Wildman–Crippen MR) is 194 cm³/mol. The number of aryl methyl sites for hydroxylation is 1. The van der Waals surface area contributed by atoms with Gasteiger partial charge in [-0.15, -0.1) is 21.5 Å². The van der Waals surface area contributed by atoms with Crippen LogP contribution in [-0.4, -0.2) is 74.5 Å². The number of halogens is 3. The van der Waals surface area contributed by atoms with Crippen LogP contribution in [0.15, 0.2) is 42.5 Å². The summed E-state index contributed by atoms with van der Waals surface area (Å²) in [6, 6.07) is 12.3. The van der Waals surface area contributed by atoms with Gasteiger partial charge >= 0.3 is 5.97 Å². The minimum atomic E-state index is -2.69. The van der Waals surface area contributed by atoms with Crippen LogP contribution in [-0.2, 0) is 12.8 Å². The Morgan fingerprint density at radius 3 is 2.73 bits per heavy atom. The molecule has 16 heteroatoms. The molecule has 1 fully saturated rings. The van der Waals surface area contributed by atoms with E-state index in [0.717, 1.165) is 39.3 Å². The van der Waals surface area contributed by atoms with Gasteiger partial charge in [-0.25, -0.2) is 32.5 Å². The normalized spacial score (nSPS) is 16.2. The van der Waals surface area contributed by atoms with Crippen LogP contribution in [0.1, 0.15) is 57.7 Å². The predicted octanol–water partition coefficient (Wildman–Crippen LogP) is 7.00. The molecule has 11 nitrogen and oxygen atoms in total. The third-order valence-corrected chi connectivity index (χ3v) is 11.3. The number of aromatic nitrogens is 4. The van der Waals surface area contributed by atoms with Crippen LogP contribution in [0.25, 0.3) is 10.2 Å². The molecule has 1 saturated heterocycles. The Bertz CT molecular complexity index is 2160. The van der Waals surface area contributed by atoms with Crippen molar-refractivity contribution in [2.75, 3.05) is 43.0 Å². The number of carboxylic acid groups (broad SMARTS) is 1. The number of carbonyl (C=O) groups is 1. The van der Waals surface area contributed by atoms with Crippen LogP contribution in [0.4, 0.5) is 35.1 Å². The van der Waals surface area contributed by atoms with Gasteiger partial charge < -0.3 is 20.1 Å². The van der Waals surface area contributed by atoms with Crippen molar-refractivity contribution < 1.29 is 32.4 Å². The number of carboxylic acids is 1. The molecule has 0 saturated carbocycles. The van der Waals surface area contributed by atoms with Crippen LogP contribution in [0.2, 0.25) is 0 Å². The molecule has 5 aromatic rings. The summed E-state index contributed by atoms with van der Waals surface area (Å²) in [5.41, 5.74) is 3.27. The summed E-state index contributed by atoms with van der Waals surface area (Å²) in [7, 11) is 0. The van der Waals surface area contributed by atoms with Gasteiger partial charge in [0.1, 0.15) is 13.1 Å². The second kappa shape index (κ2) is 14.7. The van der Waals surface area contributed by atoms with E-state index in [4.69, 9.17) is 10.6 Å². The van der Waals surface area contributed by atoms with E-state index in [2.05, 4.69) is 37.3 Å². The molecular weight excluding hydrogens is 714 g/mol. The molecule has 0 unspecified atom stereocenters. The van der Waals surface area contributed by atoms with Gasteiger partial charge in [0.25, 0.3) is 5.92 Å². The second-order valence-electron chi connectivity index (χ2n) is 13.0. The van der Waals surface area contributed by atoms with E-state index in [0.29, 0.717) is 46.6 Å². The number of rotatable bonds is 10. The number of benzene rings is 2. The Hall–Kier alpha value is -4.82. The first-order valence-electron chi connectivity index (χ1n) is 16.9. The highest BCUT2D eigenvalue weighted by atomic mass is 32.1. The molecule has 0 amide bonds. The lowest BCUT2D eigenvalue weighted by atomic mass is 10.0. The van der Waals surface area contributed by atoms with Crippen molar-refractivity contribution >= 4 is 60.8 Å². The molecule has 0 aliphatic carbocycles. The number of para-hydroxylation sites is 1. The molecule has 2 aromatic carbocycles. The van der Waals surface area contributed by atoms with Crippen LogP contribution in [0, 0.1) is 24.6 Å². The van der Waals surface area contributed by atoms with Crippen molar-refractivity contribution in [3.63, 3.8) is 0 Å². The largest absolute Gasteiger partial charge is 0.491 e. The third-order valence-electron chi connectivity index (χ3n) is 9.24. The van der Waals surface area contributed by atoms with Crippen LogP contribution >= 0.6 is 22.7 Å². The maximum absolute atomic E-state index is 14.8. The van der Waals surface area contributed by atoms with Gasteiger partial charge in [-0.2, -0.15) is 5.84 Å². The van der Waals surface area contributed by atoms with E-state index in [1.54, 1.807) is 6.07 Å². The van der Waals surface area contributed by atoms with E-state index >= 15 is 0 Å². The Kier molecular flexibility index (Phi) is 10.0. The van der Waals surface area contributed by atoms with E-state index in [9.17, 15) is 23.1 Å². The van der Waals surface area contributed by atoms with Gasteiger partial charge in [0.15, 0.2) is 45.7 Å². The van der Waals surface area contributed by atoms with E-state index < -0.39 is 17.7 Å². The molecule has 0 radical (unpaired) electrons. The minimum Gasteiger partial charge on any atom is -0.491 e. The highest BCUT2D eigenvalue weighted by Crippen LogP contribution is 2.39. The molecule has 0 bridgehead atoms.